The number of nitrogens with zero attached hydrogens (tertiary/aromatic N) is 4. The minimum atomic E-state index is -0.123. The van der Waals surface area contributed by atoms with Crippen LogP contribution in [-0.2, 0) is 16.1 Å². The zero-order valence-corrected chi connectivity index (χ0v) is 14.0. The molecule has 132 valence electrons. The normalized spacial score (nSPS) is 24.1. The highest BCUT2D eigenvalue weighted by Gasteiger charge is 2.33. The molecule has 0 bridgehead atoms. The van der Waals surface area contributed by atoms with Crippen LogP contribution in [0.25, 0.3) is 0 Å². The number of aryl methyl sites for hydroxylation is 1. The maximum absolute atomic E-state index is 12.5. The van der Waals surface area contributed by atoms with Gasteiger partial charge in [-0.15, -0.1) is 5.10 Å². The van der Waals surface area contributed by atoms with Gasteiger partial charge in [0.15, 0.2) is 0 Å². The Hall–Kier alpha value is -1.96. The molecule has 2 N–H and O–H groups in total. The van der Waals surface area contributed by atoms with Gasteiger partial charge in [-0.1, -0.05) is 5.21 Å². The molecule has 24 heavy (non-hydrogen) atoms. The number of rotatable bonds is 6. The first kappa shape index (κ1) is 16.9. The van der Waals surface area contributed by atoms with Gasteiger partial charge < -0.3 is 15.5 Å². The highest BCUT2D eigenvalue weighted by molar-refractivity contribution is 5.83. The van der Waals surface area contributed by atoms with Crippen molar-refractivity contribution in [1.29, 1.82) is 0 Å². The van der Waals surface area contributed by atoms with Crippen molar-refractivity contribution in [3.8, 4) is 0 Å². The molecule has 8 heteroatoms. The third kappa shape index (κ3) is 4.31. The molecule has 2 saturated heterocycles. The van der Waals surface area contributed by atoms with Gasteiger partial charge in [0.25, 0.3) is 0 Å². The van der Waals surface area contributed by atoms with E-state index in [0.717, 1.165) is 38.9 Å². The van der Waals surface area contributed by atoms with Crippen LogP contribution in [0.5, 0.6) is 0 Å². The summed E-state index contributed by atoms with van der Waals surface area (Å²) in [6.07, 6.45) is 7.11. The van der Waals surface area contributed by atoms with Crippen LogP contribution in [0.1, 0.15) is 25.7 Å². The number of nitrogens with one attached hydrogen (secondary N) is 2. The molecule has 2 aliphatic heterocycles. The Morgan fingerprint density at radius 2 is 2.00 bits per heavy atom. The summed E-state index contributed by atoms with van der Waals surface area (Å²) < 4.78 is 1.75. The Labute approximate surface area is 142 Å². The molecular formula is C16H26N6O2. The molecule has 0 aromatic carbocycles. The summed E-state index contributed by atoms with van der Waals surface area (Å²) in [6, 6.07) is 0. The molecule has 2 atom stereocenters. The summed E-state index contributed by atoms with van der Waals surface area (Å²) in [5.41, 5.74) is 0. The summed E-state index contributed by atoms with van der Waals surface area (Å²) >= 11 is 0. The lowest BCUT2D eigenvalue weighted by atomic mass is 9.89. The van der Waals surface area contributed by atoms with E-state index in [0.29, 0.717) is 26.1 Å². The standard InChI is InChI=1S/C16H26N6O2/c23-15(18-4-3-8-22-9-5-19-20-22)13-10-14(12-17-11-13)16(24)21-6-1-2-7-21/h5,9,13-14,17H,1-4,6-8,10-12H2,(H,18,23)/t13-,14+/m1/s1. The van der Waals surface area contributed by atoms with Crippen LogP contribution in [0.4, 0.5) is 0 Å². The lowest BCUT2D eigenvalue weighted by Gasteiger charge is -2.31. The van der Waals surface area contributed by atoms with Crippen molar-refractivity contribution in [2.75, 3.05) is 32.7 Å². The van der Waals surface area contributed by atoms with Crippen LogP contribution in [0.15, 0.2) is 12.4 Å². The second-order valence-corrected chi connectivity index (χ2v) is 6.63. The molecular weight excluding hydrogens is 308 g/mol. The fraction of sp³-hybridized carbons (Fsp3) is 0.750. The number of hydrogen-bond acceptors (Lipinski definition) is 5. The van der Waals surface area contributed by atoms with Gasteiger partial charge in [-0.2, -0.15) is 0 Å². The second-order valence-electron chi connectivity index (χ2n) is 6.63. The lowest BCUT2D eigenvalue weighted by molar-refractivity contribution is -0.136. The van der Waals surface area contributed by atoms with Gasteiger partial charge in [0.1, 0.15) is 0 Å². The van der Waals surface area contributed by atoms with Crippen molar-refractivity contribution >= 4 is 11.8 Å². The fourth-order valence-electron chi connectivity index (χ4n) is 3.47. The van der Waals surface area contributed by atoms with E-state index in [1.165, 1.54) is 0 Å². The first-order valence-electron chi connectivity index (χ1n) is 8.85. The Bertz CT molecular complexity index is 541. The van der Waals surface area contributed by atoms with Crippen molar-refractivity contribution in [3.05, 3.63) is 12.4 Å². The average molecular weight is 334 g/mol. The molecule has 2 fully saturated rings. The van der Waals surface area contributed by atoms with Crippen molar-refractivity contribution in [2.24, 2.45) is 11.8 Å². The van der Waals surface area contributed by atoms with E-state index in [9.17, 15) is 9.59 Å². The van der Waals surface area contributed by atoms with Gasteiger partial charge in [-0.3, -0.25) is 14.3 Å². The van der Waals surface area contributed by atoms with Crippen molar-refractivity contribution in [1.82, 2.24) is 30.5 Å². The zero-order valence-electron chi connectivity index (χ0n) is 14.0. The minimum Gasteiger partial charge on any atom is -0.356 e. The molecule has 2 aliphatic rings. The van der Waals surface area contributed by atoms with Gasteiger partial charge in [0.05, 0.1) is 18.0 Å². The molecule has 0 spiro atoms. The van der Waals surface area contributed by atoms with Crippen LogP contribution < -0.4 is 10.6 Å². The largest absolute Gasteiger partial charge is 0.356 e. The van der Waals surface area contributed by atoms with E-state index in [1.807, 2.05) is 4.90 Å². The summed E-state index contributed by atoms with van der Waals surface area (Å²) in [7, 11) is 0. The van der Waals surface area contributed by atoms with E-state index < -0.39 is 0 Å². The van der Waals surface area contributed by atoms with E-state index >= 15 is 0 Å². The molecule has 3 rings (SSSR count). The molecule has 0 radical (unpaired) electrons. The Kier molecular flexibility index (Phi) is 5.79. The van der Waals surface area contributed by atoms with Crippen LogP contribution in [0.3, 0.4) is 0 Å². The van der Waals surface area contributed by atoms with Crippen LogP contribution in [0.2, 0.25) is 0 Å². The fourth-order valence-corrected chi connectivity index (χ4v) is 3.47. The van der Waals surface area contributed by atoms with E-state index in [2.05, 4.69) is 20.9 Å². The molecule has 1 aromatic heterocycles. The van der Waals surface area contributed by atoms with Crippen LogP contribution in [0, 0.1) is 11.8 Å². The van der Waals surface area contributed by atoms with E-state index in [1.54, 1.807) is 17.1 Å². The van der Waals surface area contributed by atoms with Gasteiger partial charge in [0, 0.05) is 45.5 Å². The molecule has 0 aliphatic carbocycles. The molecule has 3 heterocycles. The number of carbonyl (C=O) groups excluding carboxylic acids is 2. The zero-order chi connectivity index (χ0) is 16.8. The van der Waals surface area contributed by atoms with Gasteiger partial charge in [0.2, 0.25) is 11.8 Å². The third-order valence-electron chi connectivity index (χ3n) is 4.82. The summed E-state index contributed by atoms with van der Waals surface area (Å²) in [4.78, 5) is 26.8. The molecule has 0 unspecified atom stereocenters. The number of aromatic nitrogens is 3. The summed E-state index contributed by atoms with van der Waals surface area (Å²) in [6.45, 7) is 4.42. The first-order valence-corrected chi connectivity index (χ1v) is 8.85. The number of amides is 2. The molecule has 0 saturated carbocycles. The summed E-state index contributed by atoms with van der Waals surface area (Å²) in [5.74, 6) is 0.0631. The minimum absolute atomic E-state index is 0.0417. The second kappa shape index (κ2) is 8.23. The van der Waals surface area contributed by atoms with Gasteiger partial charge in [-0.05, 0) is 25.7 Å². The number of likely N-dealkylation sites (tertiary alicyclic amines) is 1. The molecule has 8 nitrogen and oxygen atoms in total. The maximum atomic E-state index is 12.5. The lowest BCUT2D eigenvalue weighted by Crippen LogP contribution is -2.49. The Morgan fingerprint density at radius 1 is 1.21 bits per heavy atom. The topological polar surface area (TPSA) is 92.1 Å². The predicted octanol–water partition coefficient (Wildman–Crippen LogP) is -0.367. The first-order chi connectivity index (χ1) is 11.7. The smallest absolute Gasteiger partial charge is 0.226 e. The van der Waals surface area contributed by atoms with E-state index in [4.69, 9.17) is 0 Å². The molecule has 2 amide bonds. The highest BCUT2D eigenvalue weighted by atomic mass is 16.2. The van der Waals surface area contributed by atoms with Crippen LogP contribution >= 0.6 is 0 Å². The third-order valence-corrected chi connectivity index (χ3v) is 4.82. The number of hydrogen-bond donors (Lipinski definition) is 2. The molecule has 1 aromatic rings. The van der Waals surface area contributed by atoms with E-state index in [-0.39, 0.29) is 23.7 Å². The average Bonchev–Trinajstić information content (AvgIpc) is 3.31. The van der Waals surface area contributed by atoms with Gasteiger partial charge >= 0.3 is 0 Å². The quantitative estimate of drug-likeness (QED) is 0.693. The van der Waals surface area contributed by atoms with Crippen molar-refractivity contribution < 1.29 is 9.59 Å². The Balaban J connectivity index is 1.40. The predicted molar refractivity (Wildman–Crippen MR) is 87.9 cm³/mol. The monoisotopic (exact) mass is 334 g/mol. The number of piperidine rings is 1. The summed E-state index contributed by atoms with van der Waals surface area (Å²) in [5, 5.41) is 13.9. The SMILES string of the molecule is O=C(NCCCn1ccnn1)[C@H]1CNC[C@@H](C(=O)N2CCCC2)C1. The number of carbonyl (C=O) groups is 2. The Morgan fingerprint density at radius 3 is 2.75 bits per heavy atom. The van der Waals surface area contributed by atoms with Crippen molar-refractivity contribution in [3.63, 3.8) is 0 Å². The maximum Gasteiger partial charge on any atom is 0.226 e. The van der Waals surface area contributed by atoms with Crippen molar-refractivity contribution in [2.45, 2.75) is 32.2 Å². The van der Waals surface area contributed by atoms with Gasteiger partial charge in [-0.25, -0.2) is 0 Å². The van der Waals surface area contributed by atoms with Crippen LogP contribution in [-0.4, -0.2) is 64.4 Å². The highest BCUT2D eigenvalue weighted by Crippen LogP contribution is 2.21.